The van der Waals surface area contributed by atoms with Crippen LogP contribution < -0.4 is 9.64 Å². The molecular formula is C21H30N2O. The van der Waals surface area contributed by atoms with E-state index in [1.807, 2.05) is 6.07 Å². The number of anilines is 1. The molecule has 0 unspecified atom stereocenters. The van der Waals surface area contributed by atoms with Crippen molar-refractivity contribution in [1.29, 1.82) is 0 Å². The number of hydrogen-bond donors (Lipinski definition) is 0. The second-order valence-electron chi connectivity index (χ2n) is 8.29. The van der Waals surface area contributed by atoms with Gasteiger partial charge in [-0.3, -0.25) is 4.90 Å². The normalized spacial score (nSPS) is 29.0. The first-order valence-corrected chi connectivity index (χ1v) is 9.38. The zero-order valence-electron chi connectivity index (χ0n) is 15.3. The van der Waals surface area contributed by atoms with Crippen molar-refractivity contribution in [3.05, 3.63) is 35.9 Å². The average Bonchev–Trinajstić information content (AvgIpc) is 2.62. The molecule has 0 N–H and O–H groups in total. The third-order valence-electron chi connectivity index (χ3n) is 6.78. The number of nitrogens with zero attached hydrogens (tertiary/aromatic N) is 2. The fourth-order valence-corrected chi connectivity index (χ4v) is 4.89. The van der Waals surface area contributed by atoms with Gasteiger partial charge in [-0.05, 0) is 42.2 Å². The van der Waals surface area contributed by atoms with Crippen LogP contribution in [0.3, 0.4) is 0 Å². The monoisotopic (exact) mass is 326 g/mol. The van der Waals surface area contributed by atoms with Gasteiger partial charge in [0.25, 0.3) is 0 Å². The van der Waals surface area contributed by atoms with Gasteiger partial charge in [0.2, 0.25) is 0 Å². The average molecular weight is 326 g/mol. The van der Waals surface area contributed by atoms with Crippen LogP contribution in [0.1, 0.15) is 26.7 Å². The van der Waals surface area contributed by atoms with E-state index in [4.69, 9.17) is 4.74 Å². The molecule has 24 heavy (non-hydrogen) atoms. The van der Waals surface area contributed by atoms with E-state index < -0.39 is 0 Å². The number of hydrogen-bond acceptors (Lipinski definition) is 3. The Morgan fingerprint density at radius 2 is 1.96 bits per heavy atom. The van der Waals surface area contributed by atoms with Crippen LogP contribution in [0.2, 0.25) is 0 Å². The van der Waals surface area contributed by atoms with Crippen LogP contribution in [0, 0.1) is 17.3 Å². The van der Waals surface area contributed by atoms with Crippen molar-refractivity contribution in [2.45, 2.75) is 26.7 Å². The lowest BCUT2D eigenvalue weighted by atomic mass is 9.49. The summed E-state index contributed by atoms with van der Waals surface area (Å²) >= 11 is 0. The molecule has 1 aromatic carbocycles. The number of benzene rings is 1. The molecule has 1 aliphatic heterocycles. The van der Waals surface area contributed by atoms with E-state index in [0.717, 1.165) is 43.8 Å². The Bertz CT molecular complexity index is 628. The Morgan fingerprint density at radius 3 is 2.62 bits per heavy atom. The van der Waals surface area contributed by atoms with Gasteiger partial charge in [0, 0.05) is 44.5 Å². The van der Waals surface area contributed by atoms with E-state index in [0.29, 0.717) is 5.41 Å². The predicted molar refractivity (Wildman–Crippen MR) is 99.7 cm³/mol. The summed E-state index contributed by atoms with van der Waals surface area (Å²) in [6.07, 6.45) is 5.30. The van der Waals surface area contributed by atoms with E-state index in [1.165, 1.54) is 25.1 Å². The summed E-state index contributed by atoms with van der Waals surface area (Å²) in [5.74, 6) is 2.73. The summed E-state index contributed by atoms with van der Waals surface area (Å²) in [5, 5.41) is 0. The second-order valence-corrected chi connectivity index (χ2v) is 8.29. The second kappa shape index (κ2) is 6.11. The van der Waals surface area contributed by atoms with Crippen LogP contribution in [0.5, 0.6) is 5.75 Å². The third kappa shape index (κ3) is 2.73. The first-order valence-electron chi connectivity index (χ1n) is 9.38. The molecule has 3 aliphatic carbocycles. The topological polar surface area (TPSA) is 15.7 Å². The lowest BCUT2D eigenvalue weighted by molar-refractivity contribution is -0.0107. The molecule has 2 atom stereocenters. The van der Waals surface area contributed by atoms with Gasteiger partial charge < -0.3 is 9.64 Å². The largest absolute Gasteiger partial charge is 0.497 e. The maximum absolute atomic E-state index is 5.36. The number of fused-ring (bicyclic) bond motifs is 1. The molecule has 2 bridgehead atoms. The highest BCUT2D eigenvalue weighted by Crippen LogP contribution is 2.59. The fourth-order valence-electron chi connectivity index (χ4n) is 4.89. The van der Waals surface area contributed by atoms with Crippen LogP contribution in [0.4, 0.5) is 5.69 Å². The molecule has 0 aromatic heterocycles. The van der Waals surface area contributed by atoms with Crippen LogP contribution in [0.25, 0.3) is 0 Å². The van der Waals surface area contributed by atoms with Crippen molar-refractivity contribution >= 4 is 5.69 Å². The molecule has 0 radical (unpaired) electrons. The van der Waals surface area contributed by atoms with Gasteiger partial charge in [0.1, 0.15) is 5.75 Å². The van der Waals surface area contributed by atoms with E-state index in [-0.39, 0.29) is 0 Å². The van der Waals surface area contributed by atoms with Crippen molar-refractivity contribution in [1.82, 2.24) is 4.90 Å². The molecule has 130 valence electrons. The summed E-state index contributed by atoms with van der Waals surface area (Å²) in [6, 6.07) is 8.45. The Balaban J connectivity index is 1.34. The molecule has 2 fully saturated rings. The Kier molecular flexibility index (Phi) is 4.07. The standard InChI is InChI=1S/C21H30N2O/c1-21(2)17-8-7-16(20(21)13-17)15-22-9-11-23(12-10-22)18-5-4-6-19(14-18)24-3/h4-7,14,17,20H,8-13,15H2,1-3H3/t17-,20-/m1/s1. The number of rotatable bonds is 4. The van der Waals surface area contributed by atoms with Crippen molar-refractivity contribution in [2.24, 2.45) is 17.3 Å². The van der Waals surface area contributed by atoms with Gasteiger partial charge in [0.15, 0.2) is 0 Å². The van der Waals surface area contributed by atoms with Crippen molar-refractivity contribution in [2.75, 3.05) is 44.7 Å². The summed E-state index contributed by atoms with van der Waals surface area (Å²) in [7, 11) is 1.74. The number of allylic oxidation sites excluding steroid dienone is 1. The van der Waals surface area contributed by atoms with E-state index in [2.05, 4.69) is 47.9 Å². The lowest BCUT2D eigenvalue weighted by Crippen LogP contribution is -2.52. The molecule has 4 aliphatic rings. The molecule has 0 spiro atoms. The number of methoxy groups -OCH3 is 1. The maximum Gasteiger partial charge on any atom is 0.120 e. The van der Waals surface area contributed by atoms with Gasteiger partial charge in [0.05, 0.1) is 7.11 Å². The van der Waals surface area contributed by atoms with Crippen LogP contribution in [-0.2, 0) is 0 Å². The van der Waals surface area contributed by atoms with Gasteiger partial charge in [-0.15, -0.1) is 0 Å². The summed E-state index contributed by atoms with van der Waals surface area (Å²) in [6.45, 7) is 10.7. The summed E-state index contributed by atoms with van der Waals surface area (Å²) in [4.78, 5) is 5.13. The smallest absolute Gasteiger partial charge is 0.120 e. The molecular weight excluding hydrogens is 296 g/mol. The third-order valence-corrected chi connectivity index (χ3v) is 6.78. The quantitative estimate of drug-likeness (QED) is 0.783. The van der Waals surface area contributed by atoms with Crippen molar-refractivity contribution in [3.63, 3.8) is 0 Å². The highest BCUT2D eigenvalue weighted by atomic mass is 16.5. The molecule has 3 nitrogen and oxygen atoms in total. The molecule has 1 aromatic rings. The van der Waals surface area contributed by atoms with Gasteiger partial charge in [-0.2, -0.15) is 0 Å². The van der Waals surface area contributed by atoms with Crippen molar-refractivity contribution in [3.8, 4) is 5.75 Å². The minimum absolute atomic E-state index is 0.548. The fraction of sp³-hybridized carbons (Fsp3) is 0.619. The highest BCUT2D eigenvalue weighted by Gasteiger charge is 2.51. The van der Waals surface area contributed by atoms with Crippen LogP contribution >= 0.6 is 0 Å². The zero-order chi connectivity index (χ0) is 16.7. The predicted octanol–water partition coefficient (Wildman–Crippen LogP) is 3.81. The van der Waals surface area contributed by atoms with E-state index in [1.54, 1.807) is 12.7 Å². The Hall–Kier alpha value is -1.48. The van der Waals surface area contributed by atoms with E-state index in [9.17, 15) is 0 Å². The first kappa shape index (κ1) is 16.0. The minimum atomic E-state index is 0.548. The molecule has 1 saturated heterocycles. The van der Waals surface area contributed by atoms with Crippen LogP contribution in [0.15, 0.2) is 35.9 Å². The number of piperazine rings is 1. The maximum atomic E-state index is 5.36. The highest BCUT2D eigenvalue weighted by molar-refractivity contribution is 5.51. The van der Waals surface area contributed by atoms with Crippen LogP contribution in [-0.4, -0.2) is 44.7 Å². The number of ether oxygens (including phenoxy) is 1. The Labute approximate surface area is 146 Å². The minimum Gasteiger partial charge on any atom is -0.497 e. The van der Waals surface area contributed by atoms with E-state index >= 15 is 0 Å². The molecule has 1 saturated carbocycles. The lowest BCUT2D eigenvalue weighted by Gasteiger charge is -2.57. The first-order chi connectivity index (χ1) is 11.6. The van der Waals surface area contributed by atoms with Gasteiger partial charge in [-0.25, -0.2) is 0 Å². The van der Waals surface area contributed by atoms with Gasteiger partial charge in [-0.1, -0.05) is 31.6 Å². The summed E-state index contributed by atoms with van der Waals surface area (Å²) in [5.41, 5.74) is 3.55. The SMILES string of the molecule is COc1cccc(N2CCN(CC3=CC[C@@H]4C[C@H]3C4(C)C)CC2)c1. The molecule has 1 heterocycles. The Morgan fingerprint density at radius 1 is 1.17 bits per heavy atom. The van der Waals surface area contributed by atoms with Gasteiger partial charge >= 0.3 is 0 Å². The molecule has 3 heteroatoms. The summed E-state index contributed by atoms with van der Waals surface area (Å²) < 4.78 is 5.36. The van der Waals surface area contributed by atoms with Crippen molar-refractivity contribution < 1.29 is 4.74 Å². The molecule has 5 rings (SSSR count). The zero-order valence-corrected chi connectivity index (χ0v) is 15.3. The molecule has 0 amide bonds.